The maximum atomic E-state index is 13.8. The van der Waals surface area contributed by atoms with Crippen LogP contribution in [0.4, 0.5) is 4.39 Å². The summed E-state index contributed by atoms with van der Waals surface area (Å²) in [6.07, 6.45) is 0. The van der Waals surface area contributed by atoms with Gasteiger partial charge >= 0.3 is 0 Å². The van der Waals surface area contributed by atoms with Gasteiger partial charge in [0.25, 0.3) is 0 Å². The molecule has 0 fully saturated rings. The van der Waals surface area contributed by atoms with Crippen LogP contribution in [0.3, 0.4) is 0 Å². The van der Waals surface area contributed by atoms with Gasteiger partial charge in [0.05, 0.1) is 18.1 Å². The van der Waals surface area contributed by atoms with Crippen molar-refractivity contribution in [2.45, 2.75) is 5.38 Å². The first-order chi connectivity index (χ1) is 8.24. The minimum absolute atomic E-state index is 0.354. The highest BCUT2D eigenvalue weighted by Crippen LogP contribution is 2.36. The van der Waals surface area contributed by atoms with Gasteiger partial charge in [-0.3, -0.25) is 0 Å². The van der Waals surface area contributed by atoms with E-state index in [-0.39, 0.29) is 5.82 Å². The Bertz CT molecular complexity index is 499. The van der Waals surface area contributed by atoms with Crippen molar-refractivity contribution in [3.63, 3.8) is 0 Å². The van der Waals surface area contributed by atoms with Gasteiger partial charge in [-0.05, 0) is 17.7 Å². The molecular weight excluding hydrogens is 239 g/mol. The Morgan fingerprint density at radius 2 is 1.76 bits per heavy atom. The van der Waals surface area contributed by atoms with Crippen LogP contribution in [0.5, 0.6) is 5.75 Å². The molecule has 0 aliphatic carbocycles. The fourth-order valence-electron chi connectivity index (χ4n) is 1.73. The molecule has 2 aromatic carbocycles. The van der Waals surface area contributed by atoms with Gasteiger partial charge in [0.2, 0.25) is 0 Å². The average molecular weight is 251 g/mol. The van der Waals surface area contributed by atoms with Crippen LogP contribution in [0.2, 0.25) is 0 Å². The maximum Gasteiger partial charge on any atom is 0.131 e. The number of rotatable bonds is 3. The molecule has 1 nitrogen and oxygen atoms in total. The van der Waals surface area contributed by atoms with Crippen molar-refractivity contribution in [2.75, 3.05) is 7.11 Å². The van der Waals surface area contributed by atoms with Gasteiger partial charge in [0.1, 0.15) is 11.6 Å². The van der Waals surface area contributed by atoms with Gasteiger partial charge in [0.15, 0.2) is 0 Å². The number of ether oxygens (including phenoxy) is 1. The van der Waals surface area contributed by atoms with Crippen LogP contribution in [-0.2, 0) is 0 Å². The lowest BCUT2D eigenvalue weighted by atomic mass is 10.0. The van der Waals surface area contributed by atoms with E-state index in [1.54, 1.807) is 12.1 Å². The number of alkyl halides is 1. The zero-order valence-corrected chi connectivity index (χ0v) is 10.1. The molecule has 0 aliphatic heterocycles. The van der Waals surface area contributed by atoms with E-state index in [0.29, 0.717) is 11.3 Å². The van der Waals surface area contributed by atoms with E-state index in [0.717, 1.165) is 5.56 Å². The SMILES string of the molecule is COc1cccc(F)c1C(Cl)c1ccccc1. The smallest absolute Gasteiger partial charge is 0.131 e. The number of methoxy groups -OCH3 is 1. The monoisotopic (exact) mass is 250 g/mol. The number of benzene rings is 2. The van der Waals surface area contributed by atoms with E-state index < -0.39 is 5.38 Å². The lowest BCUT2D eigenvalue weighted by molar-refractivity contribution is 0.405. The van der Waals surface area contributed by atoms with Crippen LogP contribution in [-0.4, -0.2) is 7.11 Å². The molecule has 0 saturated carbocycles. The molecule has 2 rings (SSSR count). The topological polar surface area (TPSA) is 9.23 Å². The molecule has 17 heavy (non-hydrogen) atoms. The molecule has 1 atom stereocenters. The minimum Gasteiger partial charge on any atom is -0.496 e. The third-order valence-electron chi connectivity index (χ3n) is 2.58. The molecule has 0 amide bonds. The predicted octanol–water partition coefficient (Wildman–Crippen LogP) is 4.16. The first kappa shape index (κ1) is 11.9. The fourth-order valence-corrected chi connectivity index (χ4v) is 2.09. The molecule has 0 heterocycles. The summed E-state index contributed by atoms with van der Waals surface area (Å²) in [5, 5.41) is -0.549. The largest absolute Gasteiger partial charge is 0.496 e. The van der Waals surface area contributed by atoms with Gasteiger partial charge < -0.3 is 4.74 Å². The molecule has 0 N–H and O–H groups in total. The van der Waals surface area contributed by atoms with Crippen molar-refractivity contribution in [1.82, 2.24) is 0 Å². The maximum absolute atomic E-state index is 13.8. The van der Waals surface area contributed by atoms with Crippen molar-refractivity contribution in [3.8, 4) is 5.75 Å². The number of hydrogen-bond acceptors (Lipinski definition) is 1. The van der Waals surface area contributed by atoms with Gasteiger partial charge in [-0.25, -0.2) is 4.39 Å². The Morgan fingerprint density at radius 1 is 1.06 bits per heavy atom. The van der Waals surface area contributed by atoms with E-state index in [4.69, 9.17) is 16.3 Å². The standard InChI is InChI=1S/C14H12ClFO/c1-17-12-9-5-8-11(16)13(12)14(15)10-6-3-2-4-7-10/h2-9,14H,1H3. The Balaban J connectivity index is 2.47. The summed E-state index contributed by atoms with van der Waals surface area (Å²) in [6.45, 7) is 0. The second kappa shape index (κ2) is 5.19. The van der Waals surface area contributed by atoms with Gasteiger partial charge in [0, 0.05) is 0 Å². The molecule has 1 unspecified atom stereocenters. The van der Waals surface area contributed by atoms with Crippen LogP contribution < -0.4 is 4.74 Å². The summed E-state index contributed by atoms with van der Waals surface area (Å²) in [5.74, 6) is 0.113. The molecule has 88 valence electrons. The molecule has 0 saturated heterocycles. The summed E-state index contributed by atoms with van der Waals surface area (Å²) < 4.78 is 19.0. The van der Waals surface area contributed by atoms with Crippen molar-refractivity contribution >= 4 is 11.6 Å². The van der Waals surface area contributed by atoms with Crippen LogP contribution >= 0.6 is 11.6 Å². The van der Waals surface area contributed by atoms with Crippen molar-refractivity contribution in [1.29, 1.82) is 0 Å². The van der Waals surface area contributed by atoms with Crippen molar-refractivity contribution in [2.24, 2.45) is 0 Å². The third-order valence-corrected chi connectivity index (χ3v) is 3.05. The highest BCUT2D eigenvalue weighted by Gasteiger charge is 2.19. The van der Waals surface area contributed by atoms with Crippen LogP contribution in [0, 0.1) is 5.82 Å². The van der Waals surface area contributed by atoms with E-state index in [9.17, 15) is 4.39 Å². The molecule has 0 aromatic heterocycles. The molecule has 2 aromatic rings. The Morgan fingerprint density at radius 3 is 2.41 bits per heavy atom. The van der Waals surface area contributed by atoms with Crippen LogP contribution in [0.15, 0.2) is 48.5 Å². The average Bonchev–Trinajstić information content (AvgIpc) is 2.38. The third kappa shape index (κ3) is 2.42. The molecular formula is C14H12ClFO. The Kier molecular flexibility index (Phi) is 3.64. The molecule has 3 heteroatoms. The molecule has 0 bridgehead atoms. The van der Waals surface area contributed by atoms with E-state index in [1.807, 2.05) is 30.3 Å². The fraction of sp³-hybridized carbons (Fsp3) is 0.143. The lowest BCUT2D eigenvalue weighted by Crippen LogP contribution is -2.00. The number of halogens is 2. The first-order valence-corrected chi connectivity index (χ1v) is 5.69. The zero-order chi connectivity index (χ0) is 12.3. The first-order valence-electron chi connectivity index (χ1n) is 5.25. The minimum atomic E-state index is -0.549. The van der Waals surface area contributed by atoms with E-state index >= 15 is 0 Å². The van der Waals surface area contributed by atoms with Crippen molar-refractivity contribution in [3.05, 3.63) is 65.5 Å². The van der Waals surface area contributed by atoms with Gasteiger partial charge in [-0.1, -0.05) is 36.4 Å². The Hall–Kier alpha value is -1.54. The number of hydrogen-bond donors (Lipinski definition) is 0. The quantitative estimate of drug-likeness (QED) is 0.743. The van der Waals surface area contributed by atoms with Gasteiger partial charge in [-0.15, -0.1) is 11.6 Å². The normalized spacial score (nSPS) is 12.2. The summed E-state index contributed by atoms with van der Waals surface area (Å²) >= 11 is 6.30. The highest BCUT2D eigenvalue weighted by atomic mass is 35.5. The second-order valence-electron chi connectivity index (χ2n) is 3.63. The summed E-state index contributed by atoms with van der Waals surface area (Å²) in [4.78, 5) is 0. The molecule has 0 aliphatic rings. The highest BCUT2D eigenvalue weighted by molar-refractivity contribution is 6.22. The van der Waals surface area contributed by atoms with Crippen molar-refractivity contribution < 1.29 is 9.13 Å². The predicted molar refractivity (Wildman–Crippen MR) is 67.1 cm³/mol. The van der Waals surface area contributed by atoms with Gasteiger partial charge in [-0.2, -0.15) is 0 Å². The van der Waals surface area contributed by atoms with E-state index in [1.165, 1.54) is 13.2 Å². The van der Waals surface area contributed by atoms with Crippen LogP contribution in [0.1, 0.15) is 16.5 Å². The molecule has 0 radical (unpaired) electrons. The van der Waals surface area contributed by atoms with Crippen LogP contribution in [0.25, 0.3) is 0 Å². The second-order valence-corrected chi connectivity index (χ2v) is 4.07. The summed E-state index contributed by atoms with van der Waals surface area (Å²) in [5.41, 5.74) is 1.22. The lowest BCUT2D eigenvalue weighted by Gasteiger charge is -2.15. The molecule has 0 spiro atoms. The summed E-state index contributed by atoms with van der Waals surface area (Å²) in [7, 11) is 1.51. The Labute approximate surface area is 105 Å². The zero-order valence-electron chi connectivity index (χ0n) is 9.36. The van der Waals surface area contributed by atoms with E-state index in [2.05, 4.69) is 0 Å². The summed E-state index contributed by atoms with van der Waals surface area (Å²) in [6, 6.07) is 14.1.